The van der Waals surface area contributed by atoms with Crippen LogP contribution < -0.4 is 0 Å². The molecule has 5 nitrogen and oxygen atoms in total. The van der Waals surface area contributed by atoms with E-state index in [2.05, 4.69) is 0 Å². The summed E-state index contributed by atoms with van der Waals surface area (Å²) in [5, 5.41) is 28.8. The number of nitriles is 2. The Bertz CT molecular complexity index is 572. The molecule has 0 aliphatic heterocycles. The fraction of sp³-hybridized carbons (Fsp3) is 0.385. The zero-order chi connectivity index (χ0) is 13.9. The molecule has 0 amide bonds. The van der Waals surface area contributed by atoms with Crippen molar-refractivity contribution in [3.8, 4) is 12.1 Å². The first-order chi connectivity index (χ1) is 8.31. The summed E-state index contributed by atoms with van der Waals surface area (Å²) in [6, 6.07) is 6.76. The van der Waals surface area contributed by atoms with Gasteiger partial charge in [0.15, 0.2) is 0 Å². The highest BCUT2D eigenvalue weighted by Crippen LogP contribution is 2.31. The normalized spacial score (nSPS) is 10.5. The standard InChI is InChI=1S/C13H13N3O2/c1-13(2,3)11-7-12(16(17)18)9(4-5-14)6-10(11)8-15/h6-7H,4H2,1-3H3. The fourth-order valence-electron chi connectivity index (χ4n) is 1.74. The van der Waals surface area contributed by atoms with Crippen molar-refractivity contribution in [1.82, 2.24) is 0 Å². The molecule has 0 bridgehead atoms. The van der Waals surface area contributed by atoms with Gasteiger partial charge in [-0.25, -0.2) is 0 Å². The lowest BCUT2D eigenvalue weighted by atomic mass is 9.82. The van der Waals surface area contributed by atoms with E-state index in [9.17, 15) is 10.1 Å². The third-order valence-corrected chi connectivity index (χ3v) is 2.61. The van der Waals surface area contributed by atoms with Gasteiger partial charge in [0.1, 0.15) is 0 Å². The van der Waals surface area contributed by atoms with Gasteiger partial charge in [0, 0.05) is 11.6 Å². The Hall–Kier alpha value is -2.40. The first kappa shape index (κ1) is 13.7. The lowest BCUT2D eigenvalue weighted by Gasteiger charge is -2.20. The van der Waals surface area contributed by atoms with E-state index in [0.717, 1.165) is 0 Å². The molecule has 1 rings (SSSR count). The highest BCUT2D eigenvalue weighted by atomic mass is 16.6. The number of nitro benzene ring substituents is 1. The molecule has 18 heavy (non-hydrogen) atoms. The van der Waals surface area contributed by atoms with Crippen LogP contribution >= 0.6 is 0 Å². The third kappa shape index (κ3) is 2.64. The molecule has 0 radical (unpaired) electrons. The Morgan fingerprint density at radius 2 is 1.94 bits per heavy atom. The second-order valence-corrected chi connectivity index (χ2v) is 4.98. The van der Waals surface area contributed by atoms with Crippen LogP contribution in [0.3, 0.4) is 0 Å². The first-order valence-corrected chi connectivity index (χ1v) is 5.40. The fourth-order valence-corrected chi connectivity index (χ4v) is 1.74. The average molecular weight is 243 g/mol. The summed E-state index contributed by atoms with van der Waals surface area (Å²) >= 11 is 0. The van der Waals surface area contributed by atoms with Gasteiger partial charge in [-0.1, -0.05) is 20.8 Å². The SMILES string of the molecule is CC(C)(C)c1cc([N+](=O)[O-])c(CC#N)cc1C#N. The zero-order valence-electron chi connectivity index (χ0n) is 10.5. The van der Waals surface area contributed by atoms with E-state index in [1.54, 1.807) is 0 Å². The van der Waals surface area contributed by atoms with Gasteiger partial charge < -0.3 is 0 Å². The molecule has 0 aliphatic rings. The number of hydrogen-bond donors (Lipinski definition) is 0. The van der Waals surface area contributed by atoms with Crippen molar-refractivity contribution >= 4 is 5.69 Å². The summed E-state index contributed by atoms with van der Waals surface area (Å²) in [5.41, 5.74) is 0.838. The lowest BCUT2D eigenvalue weighted by Crippen LogP contribution is -2.14. The minimum atomic E-state index is -0.511. The summed E-state index contributed by atoms with van der Waals surface area (Å²) in [6.45, 7) is 5.66. The summed E-state index contributed by atoms with van der Waals surface area (Å²) < 4.78 is 0. The number of nitro groups is 1. The van der Waals surface area contributed by atoms with E-state index >= 15 is 0 Å². The number of benzene rings is 1. The van der Waals surface area contributed by atoms with Gasteiger partial charge in [0.05, 0.1) is 29.0 Å². The van der Waals surface area contributed by atoms with Crippen molar-refractivity contribution in [2.75, 3.05) is 0 Å². The van der Waals surface area contributed by atoms with E-state index in [4.69, 9.17) is 10.5 Å². The smallest absolute Gasteiger partial charge is 0.258 e. The van der Waals surface area contributed by atoms with Crippen LogP contribution in [-0.2, 0) is 11.8 Å². The van der Waals surface area contributed by atoms with Crippen LogP contribution in [0.4, 0.5) is 5.69 Å². The van der Waals surface area contributed by atoms with Crippen molar-refractivity contribution in [2.45, 2.75) is 32.6 Å². The summed E-state index contributed by atoms with van der Waals surface area (Å²) in [5.74, 6) is 0. The maximum absolute atomic E-state index is 11.0. The molecule has 0 unspecified atom stereocenters. The van der Waals surface area contributed by atoms with Gasteiger partial charge in [0.25, 0.3) is 5.69 Å². The molecular weight excluding hydrogens is 230 g/mol. The van der Waals surface area contributed by atoms with Crippen LogP contribution in [-0.4, -0.2) is 4.92 Å². The molecule has 5 heteroatoms. The minimum absolute atomic E-state index is 0.0740. The predicted molar refractivity (Wildman–Crippen MR) is 65.8 cm³/mol. The molecule has 0 atom stereocenters. The Morgan fingerprint density at radius 3 is 2.33 bits per heavy atom. The summed E-state index contributed by atoms with van der Waals surface area (Å²) in [4.78, 5) is 10.5. The molecular formula is C13H13N3O2. The minimum Gasteiger partial charge on any atom is -0.258 e. The molecule has 0 saturated heterocycles. The van der Waals surface area contributed by atoms with E-state index in [-0.39, 0.29) is 23.1 Å². The molecule has 0 N–H and O–H groups in total. The molecule has 1 aromatic rings. The zero-order valence-corrected chi connectivity index (χ0v) is 10.5. The highest BCUT2D eigenvalue weighted by Gasteiger charge is 2.24. The molecule has 0 aliphatic carbocycles. The molecule has 0 fully saturated rings. The molecule has 0 aromatic heterocycles. The Kier molecular flexibility index (Phi) is 3.68. The van der Waals surface area contributed by atoms with Crippen molar-refractivity contribution in [1.29, 1.82) is 10.5 Å². The molecule has 92 valence electrons. The maximum atomic E-state index is 11.0. The monoisotopic (exact) mass is 243 g/mol. The maximum Gasteiger partial charge on any atom is 0.274 e. The largest absolute Gasteiger partial charge is 0.274 e. The van der Waals surface area contributed by atoms with Gasteiger partial charge >= 0.3 is 0 Å². The quantitative estimate of drug-likeness (QED) is 0.589. The van der Waals surface area contributed by atoms with Gasteiger partial charge in [-0.3, -0.25) is 10.1 Å². The van der Waals surface area contributed by atoms with Gasteiger partial charge in [-0.2, -0.15) is 10.5 Å². The average Bonchev–Trinajstić information content (AvgIpc) is 2.27. The Labute approximate surface area is 105 Å². The molecule has 0 spiro atoms. The van der Waals surface area contributed by atoms with E-state index in [1.807, 2.05) is 32.9 Å². The Balaban J connectivity index is 3.59. The topological polar surface area (TPSA) is 90.7 Å². The van der Waals surface area contributed by atoms with Crippen molar-refractivity contribution in [2.24, 2.45) is 0 Å². The molecule has 0 saturated carbocycles. The van der Waals surface area contributed by atoms with Gasteiger partial charge in [-0.15, -0.1) is 0 Å². The molecule has 1 aromatic carbocycles. The van der Waals surface area contributed by atoms with Crippen LogP contribution in [0.25, 0.3) is 0 Å². The first-order valence-electron chi connectivity index (χ1n) is 5.40. The van der Waals surface area contributed by atoms with Crippen molar-refractivity contribution in [3.05, 3.63) is 38.9 Å². The van der Waals surface area contributed by atoms with Crippen LogP contribution in [0.5, 0.6) is 0 Å². The molecule has 0 heterocycles. The van der Waals surface area contributed by atoms with Crippen LogP contribution in [0.1, 0.15) is 37.5 Å². The Morgan fingerprint density at radius 1 is 1.33 bits per heavy atom. The second-order valence-electron chi connectivity index (χ2n) is 4.98. The van der Waals surface area contributed by atoms with Crippen LogP contribution in [0.2, 0.25) is 0 Å². The summed E-state index contributed by atoms with van der Waals surface area (Å²) in [7, 11) is 0. The summed E-state index contributed by atoms with van der Waals surface area (Å²) in [6.07, 6.45) is -0.0740. The van der Waals surface area contributed by atoms with E-state index in [0.29, 0.717) is 11.1 Å². The van der Waals surface area contributed by atoms with Crippen LogP contribution in [0, 0.1) is 32.8 Å². The van der Waals surface area contributed by atoms with Crippen molar-refractivity contribution < 1.29 is 4.92 Å². The lowest BCUT2D eigenvalue weighted by molar-refractivity contribution is -0.385. The predicted octanol–water partition coefficient (Wildman–Crippen LogP) is 2.83. The third-order valence-electron chi connectivity index (χ3n) is 2.61. The van der Waals surface area contributed by atoms with Crippen molar-refractivity contribution in [3.63, 3.8) is 0 Å². The second kappa shape index (κ2) is 4.85. The van der Waals surface area contributed by atoms with Gasteiger partial charge in [-0.05, 0) is 17.0 Å². The van der Waals surface area contributed by atoms with Gasteiger partial charge in [0.2, 0.25) is 0 Å². The van der Waals surface area contributed by atoms with Crippen LogP contribution in [0.15, 0.2) is 12.1 Å². The van der Waals surface area contributed by atoms with E-state index in [1.165, 1.54) is 12.1 Å². The number of hydrogen-bond acceptors (Lipinski definition) is 4. The van der Waals surface area contributed by atoms with E-state index < -0.39 is 4.92 Å². The highest BCUT2D eigenvalue weighted by molar-refractivity contribution is 5.54. The number of rotatable bonds is 2. The number of nitrogens with zero attached hydrogens (tertiary/aromatic N) is 3.